The van der Waals surface area contributed by atoms with Crippen molar-refractivity contribution in [2.24, 2.45) is 11.3 Å². The summed E-state index contributed by atoms with van der Waals surface area (Å²) in [7, 11) is 0. The lowest BCUT2D eigenvalue weighted by Crippen LogP contribution is -2.49. The molecule has 1 saturated carbocycles. The Hall–Kier alpha value is -0.0800. The molecule has 2 heteroatoms. The molecule has 1 aliphatic heterocycles. The Labute approximate surface area is 106 Å². The molecular formula is C15H29NO. The van der Waals surface area contributed by atoms with Crippen LogP contribution in [0.4, 0.5) is 0 Å². The average Bonchev–Trinajstić information content (AvgIpc) is 2.29. The summed E-state index contributed by atoms with van der Waals surface area (Å²) >= 11 is 0. The Kier molecular flexibility index (Phi) is 4.14. The Morgan fingerprint density at radius 1 is 0.941 bits per heavy atom. The van der Waals surface area contributed by atoms with Crippen molar-refractivity contribution in [3.63, 3.8) is 0 Å². The van der Waals surface area contributed by atoms with Gasteiger partial charge in [0.15, 0.2) is 0 Å². The van der Waals surface area contributed by atoms with Crippen LogP contribution in [0.2, 0.25) is 0 Å². The highest BCUT2D eigenvalue weighted by Crippen LogP contribution is 2.36. The van der Waals surface area contributed by atoms with Crippen LogP contribution in [0.25, 0.3) is 0 Å². The molecule has 0 amide bonds. The average molecular weight is 239 g/mol. The van der Waals surface area contributed by atoms with E-state index in [4.69, 9.17) is 0 Å². The largest absolute Gasteiger partial charge is 0.391 e. The first-order valence-corrected chi connectivity index (χ1v) is 7.40. The van der Waals surface area contributed by atoms with Gasteiger partial charge < -0.3 is 5.11 Å². The Morgan fingerprint density at radius 2 is 1.53 bits per heavy atom. The number of hydrogen-bond donors (Lipinski definition) is 1. The van der Waals surface area contributed by atoms with Crippen LogP contribution in [0, 0.1) is 11.3 Å². The Morgan fingerprint density at radius 3 is 2.06 bits per heavy atom. The maximum Gasteiger partial charge on any atom is 0.0695 e. The van der Waals surface area contributed by atoms with Gasteiger partial charge in [0.25, 0.3) is 0 Å². The molecule has 0 spiro atoms. The lowest BCUT2D eigenvalue weighted by Gasteiger charge is -2.44. The first kappa shape index (κ1) is 13.4. The summed E-state index contributed by atoms with van der Waals surface area (Å²) in [5.41, 5.74) is 0.456. The van der Waals surface area contributed by atoms with Crippen LogP contribution in [0.5, 0.6) is 0 Å². The number of aliphatic hydroxyl groups is 1. The van der Waals surface area contributed by atoms with Crippen molar-refractivity contribution >= 4 is 0 Å². The third-order valence-corrected chi connectivity index (χ3v) is 4.92. The monoisotopic (exact) mass is 239 g/mol. The zero-order chi connectivity index (χ0) is 12.5. The second-order valence-electron chi connectivity index (χ2n) is 7.10. The number of piperidine rings is 1. The quantitative estimate of drug-likeness (QED) is 0.760. The summed E-state index contributed by atoms with van der Waals surface area (Å²) in [4.78, 5) is 2.56. The fourth-order valence-corrected chi connectivity index (χ4v) is 3.61. The molecule has 2 fully saturated rings. The molecule has 0 bridgehead atoms. The minimum absolute atomic E-state index is 0.0602. The third kappa shape index (κ3) is 3.23. The lowest BCUT2D eigenvalue weighted by atomic mass is 9.75. The number of likely N-dealkylation sites (tertiary alicyclic amines) is 1. The summed E-state index contributed by atoms with van der Waals surface area (Å²) in [5.74, 6) is 0.861. The predicted molar refractivity (Wildman–Crippen MR) is 72.0 cm³/mol. The standard InChI is InChI=1S/C15H29NO/c1-15(2,3)12-8-10-16(11-9-12)13-6-4-5-7-14(13)17/h12-14,17H,4-11H2,1-3H3/t13-,14-/m1/s1. The first-order chi connectivity index (χ1) is 7.98. The maximum absolute atomic E-state index is 10.1. The molecule has 2 aliphatic rings. The highest BCUT2D eigenvalue weighted by atomic mass is 16.3. The SMILES string of the molecule is CC(C)(C)C1CCN([C@@H]2CCCC[C@H]2O)CC1. The smallest absolute Gasteiger partial charge is 0.0695 e. The highest BCUT2D eigenvalue weighted by Gasteiger charge is 2.34. The van der Waals surface area contributed by atoms with Gasteiger partial charge in [-0.1, -0.05) is 33.6 Å². The van der Waals surface area contributed by atoms with Crippen LogP contribution < -0.4 is 0 Å². The molecule has 1 saturated heterocycles. The highest BCUT2D eigenvalue weighted by molar-refractivity contribution is 4.88. The second kappa shape index (κ2) is 5.27. The van der Waals surface area contributed by atoms with Crippen molar-refractivity contribution in [3.8, 4) is 0 Å². The first-order valence-electron chi connectivity index (χ1n) is 7.40. The zero-order valence-corrected chi connectivity index (χ0v) is 11.8. The van der Waals surface area contributed by atoms with Gasteiger partial charge in [-0.25, -0.2) is 0 Å². The van der Waals surface area contributed by atoms with Gasteiger partial charge in [-0.3, -0.25) is 4.90 Å². The van der Waals surface area contributed by atoms with Crippen molar-refractivity contribution in [2.45, 2.75) is 71.4 Å². The third-order valence-electron chi connectivity index (χ3n) is 4.92. The number of nitrogens with zero attached hydrogens (tertiary/aromatic N) is 1. The Bertz CT molecular complexity index is 238. The molecule has 1 heterocycles. The van der Waals surface area contributed by atoms with E-state index in [1.807, 2.05) is 0 Å². The molecular weight excluding hydrogens is 210 g/mol. The molecule has 0 unspecified atom stereocenters. The van der Waals surface area contributed by atoms with E-state index in [0.29, 0.717) is 11.5 Å². The van der Waals surface area contributed by atoms with Gasteiger partial charge >= 0.3 is 0 Å². The van der Waals surface area contributed by atoms with Gasteiger partial charge in [0.1, 0.15) is 0 Å². The summed E-state index contributed by atoms with van der Waals surface area (Å²) < 4.78 is 0. The fourth-order valence-electron chi connectivity index (χ4n) is 3.61. The van der Waals surface area contributed by atoms with Gasteiger partial charge in [0.2, 0.25) is 0 Å². The number of hydrogen-bond acceptors (Lipinski definition) is 2. The van der Waals surface area contributed by atoms with Crippen LogP contribution in [-0.4, -0.2) is 35.2 Å². The lowest BCUT2D eigenvalue weighted by molar-refractivity contribution is -0.00625. The van der Waals surface area contributed by atoms with Crippen LogP contribution >= 0.6 is 0 Å². The van der Waals surface area contributed by atoms with Crippen LogP contribution in [0.15, 0.2) is 0 Å². The summed E-state index contributed by atoms with van der Waals surface area (Å²) in [6, 6.07) is 0.463. The van der Waals surface area contributed by atoms with E-state index in [0.717, 1.165) is 12.3 Å². The number of aliphatic hydroxyl groups excluding tert-OH is 1. The van der Waals surface area contributed by atoms with E-state index in [9.17, 15) is 5.11 Å². The summed E-state index contributed by atoms with van der Waals surface area (Å²) in [6.45, 7) is 9.49. The predicted octanol–water partition coefficient (Wildman–Crippen LogP) is 3.05. The van der Waals surface area contributed by atoms with Gasteiger partial charge in [-0.05, 0) is 50.1 Å². The van der Waals surface area contributed by atoms with Crippen LogP contribution in [0.1, 0.15) is 59.3 Å². The molecule has 0 aromatic heterocycles. The molecule has 0 aromatic carbocycles. The molecule has 0 radical (unpaired) electrons. The minimum atomic E-state index is -0.0602. The van der Waals surface area contributed by atoms with E-state index in [-0.39, 0.29) is 6.10 Å². The van der Waals surface area contributed by atoms with Crippen molar-refractivity contribution in [1.29, 1.82) is 0 Å². The summed E-state index contributed by atoms with van der Waals surface area (Å²) in [6.07, 6.45) is 7.32. The molecule has 1 aliphatic carbocycles. The maximum atomic E-state index is 10.1. The van der Waals surface area contributed by atoms with E-state index in [1.165, 1.54) is 45.2 Å². The summed E-state index contributed by atoms with van der Waals surface area (Å²) in [5, 5.41) is 10.1. The normalized spacial score (nSPS) is 33.9. The zero-order valence-electron chi connectivity index (χ0n) is 11.8. The van der Waals surface area contributed by atoms with E-state index in [2.05, 4.69) is 25.7 Å². The second-order valence-corrected chi connectivity index (χ2v) is 7.10. The topological polar surface area (TPSA) is 23.5 Å². The van der Waals surface area contributed by atoms with E-state index >= 15 is 0 Å². The molecule has 0 aromatic rings. The Balaban J connectivity index is 1.86. The van der Waals surface area contributed by atoms with E-state index in [1.54, 1.807) is 0 Å². The van der Waals surface area contributed by atoms with Gasteiger partial charge in [0.05, 0.1) is 6.10 Å². The van der Waals surface area contributed by atoms with Gasteiger partial charge in [-0.2, -0.15) is 0 Å². The fraction of sp³-hybridized carbons (Fsp3) is 1.00. The van der Waals surface area contributed by atoms with Crippen LogP contribution in [0.3, 0.4) is 0 Å². The molecule has 17 heavy (non-hydrogen) atoms. The van der Waals surface area contributed by atoms with Gasteiger partial charge in [-0.15, -0.1) is 0 Å². The van der Waals surface area contributed by atoms with Gasteiger partial charge in [0, 0.05) is 6.04 Å². The van der Waals surface area contributed by atoms with Crippen molar-refractivity contribution < 1.29 is 5.11 Å². The van der Waals surface area contributed by atoms with E-state index < -0.39 is 0 Å². The molecule has 2 atom stereocenters. The molecule has 2 nitrogen and oxygen atoms in total. The van der Waals surface area contributed by atoms with Crippen molar-refractivity contribution in [2.75, 3.05) is 13.1 Å². The van der Waals surface area contributed by atoms with Crippen molar-refractivity contribution in [3.05, 3.63) is 0 Å². The van der Waals surface area contributed by atoms with Crippen molar-refractivity contribution in [1.82, 2.24) is 4.90 Å². The number of rotatable bonds is 1. The molecule has 2 rings (SSSR count). The molecule has 100 valence electrons. The van der Waals surface area contributed by atoms with Crippen LogP contribution in [-0.2, 0) is 0 Å². The minimum Gasteiger partial charge on any atom is -0.391 e. The molecule has 1 N–H and O–H groups in total.